The van der Waals surface area contributed by atoms with Crippen molar-refractivity contribution in [1.82, 2.24) is 5.32 Å². The van der Waals surface area contributed by atoms with Crippen LogP contribution in [0.3, 0.4) is 0 Å². The van der Waals surface area contributed by atoms with Crippen LogP contribution < -0.4 is 25.8 Å². The minimum atomic E-state index is -0.385. The second-order valence-corrected chi connectivity index (χ2v) is 13.2. The number of benzene rings is 2. The molecule has 0 aromatic heterocycles. The molecule has 0 spiro atoms. The van der Waals surface area contributed by atoms with E-state index in [0.717, 1.165) is 56.1 Å². The molecule has 1 fully saturated rings. The molecule has 0 saturated heterocycles. The van der Waals surface area contributed by atoms with Gasteiger partial charge in [-0.05, 0) is 105 Å². The number of aromatic hydroxyl groups is 2. The zero-order valence-electron chi connectivity index (χ0n) is 28.7. The highest BCUT2D eigenvalue weighted by Crippen LogP contribution is 2.42. The van der Waals surface area contributed by atoms with Gasteiger partial charge in [-0.15, -0.1) is 0 Å². The van der Waals surface area contributed by atoms with E-state index in [2.05, 4.69) is 42.5 Å². The number of aliphatic imine (C=N–C) groups is 1. The Labute approximate surface area is 275 Å². The van der Waals surface area contributed by atoms with E-state index in [4.69, 9.17) is 15.2 Å². The Morgan fingerprint density at radius 1 is 1.09 bits per heavy atom. The number of guanidine groups is 1. The number of phenols is 2. The van der Waals surface area contributed by atoms with Gasteiger partial charge in [0.1, 0.15) is 5.60 Å². The summed E-state index contributed by atoms with van der Waals surface area (Å²) in [4.78, 5) is 17.1. The van der Waals surface area contributed by atoms with Crippen LogP contribution in [-0.2, 0) is 17.6 Å². The number of nitrogens with zero attached hydrogens (tertiary/aromatic N) is 1. The van der Waals surface area contributed by atoms with Gasteiger partial charge < -0.3 is 36.1 Å². The van der Waals surface area contributed by atoms with Crippen molar-refractivity contribution in [3.05, 3.63) is 53.6 Å². The van der Waals surface area contributed by atoms with Crippen molar-refractivity contribution in [3.8, 4) is 23.0 Å². The second-order valence-electron chi connectivity index (χ2n) is 13.2. The van der Waals surface area contributed by atoms with E-state index in [9.17, 15) is 15.0 Å². The Morgan fingerprint density at radius 3 is 2.46 bits per heavy atom. The number of likely N-dealkylation sites (N-methyl/N-ethyl adjacent to an activating group) is 1. The number of hydrogen-bond donors (Lipinski definition) is 5. The minimum Gasteiger partial charge on any atom is -0.504 e. The highest BCUT2D eigenvalue weighted by Gasteiger charge is 2.36. The maximum atomic E-state index is 13.1. The van der Waals surface area contributed by atoms with E-state index in [0.29, 0.717) is 54.8 Å². The molecule has 2 aromatic rings. The molecule has 0 bridgehead atoms. The summed E-state index contributed by atoms with van der Waals surface area (Å²) in [6.45, 7) is 7.43. The van der Waals surface area contributed by atoms with Crippen LogP contribution in [0.2, 0.25) is 0 Å². The number of carbonyl (C=O) groups is 1. The number of allylic oxidation sites excluding steroid dienone is 2. The number of ketones is 1. The molecule has 9 nitrogen and oxygen atoms in total. The van der Waals surface area contributed by atoms with Crippen LogP contribution in [0.4, 0.5) is 5.69 Å². The van der Waals surface area contributed by atoms with E-state index in [-0.39, 0.29) is 34.8 Å². The summed E-state index contributed by atoms with van der Waals surface area (Å²) in [6, 6.07) is 9.02. The van der Waals surface area contributed by atoms with E-state index < -0.39 is 0 Å². The number of carbonyl (C=O) groups excluding carboxylic acids is 1. The van der Waals surface area contributed by atoms with Gasteiger partial charge in [0.15, 0.2) is 34.7 Å². The highest BCUT2D eigenvalue weighted by atomic mass is 16.5. The van der Waals surface area contributed by atoms with Gasteiger partial charge in [-0.25, -0.2) is 0 Å². The Hall–Kier alpha value is -3.72. The maximum Gasteiger partial charge on any atom is 0.192 e. The molecule has 9 heteroatoms. The molecule has 1 aliphatic rings. The average molecular weight is 637 g/mol. The minimum absolute atomic E-state index is 0.0100. The lowest BCUT2D eigenvalue weighted by molar-refractivity contribution is -0.114. The third-order valence-electron chi connectivity index (χ3n) is 9.06. The third kappa shape index (κ3) is 11.0. The Morgan fingerprint density at radius 2 is 1.80 bits per heavy atom. The molecule has 0 aliphatic heterocycles. The Kier molecular flexibility index (Phi) is 14.2. The van der Waals surface area contributed by atoms with Crippen molar-refractivity contribution in [1.29, 1.82) is 0 Å². The average Bonchev–Trinajstić information content (AvgIpc) is 3.48. The molecule has 0 unspecified atom stereocenters. The molecular formula is C37H56N4O5. The van der Waals surface area contributed by atoms with Gasteiger partial charge in [0.05, 0.1) is 12.8 Å². The maximum absolute atomic E-state index is 13.1. The monoisotopic (exact) mass is 636 g/mol. The van der Waals surface area contributed by atoms with E-state index in [1.165, 1.54) is 7.11 Å². The summed E-state index contributed by atoms with van der Waals surface area (Å²) in [5.41, 5.74) is 7.99. The fourth-order valence-electron chi connectivity index (χ4n) is 6.29. The van der Waals surface area contributed by atoms with Crippen LogP contribution in [0.15, 0.2) is 47.5 Å². The normalized spacial score (nSPS) is 16.1. The number of methoxy groups -OCH3 is 1. The zero-order valence-corrected chi connectivity index (χ0v) is 28.7. The van der Waals surface area contributed by atoms with E-state index in [1.54, 1.807) is 25.3 Å². The lowest BCUT2D eigenvalue weighted by Gasteiger charge is -2.31. The standard InChI is InChI=1S/C37H56N4O5/c1-25(2)10-9-11-26(3)29(14-16-30(42)15-12-27-13-17-32(43)33(22-27)45-6)20-28-21-31(41-36(38)40-5)35(44)34(23-28)46-37(24-39-4)18-7-8-19-37/h13-14,16-17,21-23,25-26,29,39,43-44H,7-12,15,18-20,24H2,1-6H3,(H3,38,40,41)/b16-14+/t26-,29+/m1/s1. The Bertz CT molecular complexity index is 1330. The molecule has 2 atom stereocenters. The largest absolute Gasteiger partial charge is 0.504 e. The van der Waals surface area contributed by atoms with Crippen LogP contribution in [0.1, 0.15) is 83.3 Å². The topological polar surface area (TPSA) is 138 Å². The van der Waals surface area contributed by atoms with Crippen molar-refractivity contribution >= 4 is 17.4 Å². The van der Waals surface area contributed by atoms with Crippen molar-refractivity contribution < 1.29 is 24.5 Å². The fourth-order valence-corrected chi connectivity index (χ4v) is 6.29. The van der Waals surface area contributed by atoms with Crippen LogP contribution in [-0.4, -0.2) is 55.3 Å². The number of ether oxygens (including phenoxy) is 2. The molecule has 0 amide bonds. The number of aryl methyl sites for hydroxylation is 1. The molecule has 46 heavy (non-hydrogen) atoms. The first-order valence-corrected chi connectivity index (χ1v) is 16.7. The first-order chi connectivity index (χ1) is 22.0. The summed E-state index contributed by atoms with van der Waals surface area (Å²) >= 11 is 0. The molecule has 1 aliphatic carbocycles. The molecule has 0 radical (unpaired) electrons. The summed E-state index contributed by atoms with van der Waals surface area (Å²) in [7, 11) is 5.03. The van der Waals surface area contributed by atoms with Crippen LogP contribution >= 0.6 is 0 Å². The fraction of sp³-hybridized carbons (Fsp3) is 0.568. The second kappa shape index (κ2) is 17.8. The predicted molar refractivity (Wildman–Crippen MR) is 187 cm³/mol. The zero-order chi connectivity index (χ0) is 33.7. The summed E-state index contributed by atoms with van der Waals surface area (Å²) in [5, 5.41) is 27.5. The number of nitrogens with one attached hydrogen (secondary N) is 2. The van der Waals surface area contributed by atoms with Crippen LogP contribution in [0, 0.1) is 17.8 Å². The van der Waals surface area contributed by atoms with E-state index in [1.807, 2.05) is 25.2 Å². The van der Waals surface area contributed by atoms with E-state index >= 15 is 0 Å². The number of anilines is 1. The van der Waals surface area contributed by atoms with Crippen LogP contribution in [0.5, 0.6) is 23.0 Å². The van der Waals surface area contributed by atoms with Gasteiger partial charge in [-0.1, -0.05) is 52.2 Å². The molecule has 0 heterocycles. The molecular weight excluding hydrogens is 580 g/mol. The molecule has 2 aromatic carbocycles. The predicted octanol–water partition coefficient (Wildman–Crippen LogP) is 6.75. The molecule has 3 rings (SSSR count). The number of rotatable bonds is 18. The first kappa shape index (κ1) is 36.7. The third-order valence-corrected chi connectivity index (χ3v) is 9.06. The summed E-state index contributed by atoms with van der Waals surface area (Å²) in [6.07, 6.45) is 12.7. The van der Waals surface area contributed by atoms with Crippen molar-refractivity contribution in [2.45, 2.75) is 90.6 Å². The highest BCUT2D eigenvalue weighted by molar-refractivity contribution is 5.94. The number of hydrogen-bond acceptors (Lipinski definition) is 7. The summed E-state index contributed by atoms with van der Waals surface area (Å²) < 4.78 is 11.8. The number of phenolic OH excluding ortho intramolecular Hbond substituents is 2. The molecule has 1 saturated carbocycles. The van der Waals surface area contributed by atoms with Gasteiger partial charge in [-0.3, -0.25) is 9.79 Å². The molecule has 6 N–H and O–H groups in total. The first-order valence-electron chi connectivity index (χ1n) is 16.7. The van der Waals surface area contributed by atoms with Crippen molar-refractivity contribution in [2.75, 3.05) is 33.1 Å². The summed E-state index contributed by atoms with van der Waals surface area (Å²) in [5.74, 6) is 2.21. The Balaban J connectivity index is 1.88. The van der Waals surface area contributed by atoms with Crippen molar-refractivity contribution in [3.63, 3.8) is 0 Å². The SMILES string of the molecule is CN=C(N)Nc1cc(C[C@H](/C=C/C(=O)CCc2ccc(O)c(OC)c2)[C@H](C)CCCC(C)C)cc(OC2(CNC)CCCC2)c1O. The quantitative estimate of drug-likeness (QED) is 0.0524. The van der Waals surface area contributed by atoms with Gasteiger partial charge >= 0.3 is 0 Å². The van der Waals surface area contributed by atoms with Crippen molar-refractivity contribution in [2.24, 2.45) is 28.5 Å². The van der Waals surface area contributed by atoms with Gasteiger partial charge in [-0.2, -0.15) is 0 Å². The van der Waals surface area contributed by atoms with Gasteiger partial charge in [0, 0.05) is 20.0 Å². The lowest BCUT2D eigenvalue weighted by Crippen LogP contribution is -2.42. The van der Waals surface area contributed by atoms with Gasteiger partial charge in [0.2, 0.25) is 0 Å². The van der Waals surface area contributed by atoms with Crippen LogP contribution in [0.25, 0.3) is 0 Å². The lowest BCUT2D eigenvalue weighted by atomic mass is 9.83. The number of nitrogens with two attached hydrogens (primary N) is 1. The molecule has 254 valence electrons. The van der Waals surface area contributed by atoms with Gasteiger partial charge in [0.25, 0.3) is 0 Å². The smallest absolute Gasteiger partial charge is 0.192 e.